The molecule has 0 radical (unpaired) electrons. The van der Waals surface area contributed by atoms with Crippen LogP contribution in [0.2, 0.25) is 0 Å². The highest BCUT2D eigenvalue weighted by Crippen LogP contribution is 2.20. The lowest BCUT2D eigenvalue weighted by molar-refractivity contribution is 0.0696. The molecule has 0 saturated carbocycles. The van der Waals surface area contributed by atoms with E-state index in [4.69, 9.17) is 5.11 Å². The van der Waals surface area contributed by atoms with E-state index >= 15 is 0 Å². The Labute approximate surface area is 122 Å². The first-order valence-electron chi connectivity index (χ1n) is 6.49. The number of anilines is 1. The van der Waals surface area contributed by atoms with Crippen LogP contribution < -0.4 is 5.32 Å². The second-order valence-electron chi connectivity index (χ2n) is 5.01. The molecule has 2 rings (SSSR count). The van der Waals surface area contributed by atoms with Crippen LogP contribution in [0.1, 0.15) is 46.3 Å². The third kappa shape index (κ3) is 3.36. The van der Waals surface area contributed by atoms with Crippen molar-refractivity contribution in [2.45, 2.75) is 33.2 Å². The largest absolute Gasteiger partial charge is 0.478 e. The van der Waals surface area contributed by atoms with Crippen molar-refractivity contribution < 1.29 is 9.90 Å². The molecule has 0 fully saturated rings. The van der Waals surface area contributed by atoms with E-state index in [-0.39, 0.29) is 11.5 Å². The van der Waals surface area contributed by atoms with Crippen LogP contribution in [0.3, 0.4) is 0 Å². The number of hydrogen-bond donors (Lipinski definition) is 2. The number of pyridine rings is 1. The fraction of sp³-hybridized carbons (Fsp3) is 0.333. The predicted octanol–water partition coefficient (Wildman–Crippen LogP) is 3.89. The maximum absolute atomic E-state index is 11.2. The van der Waals surface area contributed by atoms with E-state index in [1.54, 1.807) is 23.5 Å². The summed E-state index contributed by atoms with van der Waals surface area (Å²) in [4.78, 5) is 16.9. The van der Waals surface area contributed by atoms with Crippen molar-refractivity contribution in [2.24, 2.45) is 0 Å². The summed E-state index contributed by atoms with van der Waals surface area (Å²) >= 11 is 1.68. The van der Waals surface area contributed by atoms with Gasteiger partial charge >= 0.3 is 5.97 Å². The highest BCUT2D eigenvalue weighted by atomic mass is 32.1. The predicted molar refractivity (Wildman–Crippen MR) is 81.7 cm³/mol. The van der Waals surface area contributed by atoms with E-state index in [0.29, 0.717) is 12.4 Å². The van der Waals surface area contributed by atoms with Crippen molar-refractivity contribution in [2.75, 3.05) is 5.32 Å². The van der Waals surface area contributed by atoms with E-state index in [2.05, 4.69) is 23.3 Å². The van der Waals surface area contributed by atoms with Gasteiger partial charge in [0.1, 0.15) is 5.82 Å². The minimum atomic E-state index is -0.926. The minimum absolute atomic E-state index is 0.193. The molecule has 0 bridgehead atoms. The normalized spacial score (nSPS) is 10.8. The number of aryl methyl sites for hydroxylation is 1. The Kier molecular flexibility index (Phi) is 4.39. The molecule has 4 nitrogen and oxygen atoms in total. The van der Waals surface area contributed by atoms with Crippen LogP contribution in [0.25, 0.3) is 0 Å². The molecule has 0 saturated heterocycles. The van der Waals surface area contributed by atoms with Gasteiger partial charge in [0.15, 0.2) is 0 Å². The molecule has 2 heterocycles. The van der Waals surface area contributed by atoms with Gasteiger partial charge in [0.05, 0.1) is 12.1 Å². The van der Waals surface area contributed by atoms with Crippen LogP contribution in [0.5, 0.6) is 0 Å². The number of carboxylic acids is 1. The third-order valence-electron chi connectivity index (χ3n) is 3.08. The monoisotopic (exact) mass is 290 g/mol. The van der Waals surface area contributed by atoms with Crippen LogP contribution in [0.15, 0.2) is 23.6 Å². The molecule has 0 aliphatic rings. The Hall–Kier alpha value is -1.88. The summed E-state index contributed by atoms with van der Waals surface area (Å²) < 4.78 is 0. The number of aromatic nitrogens is 1. The summed E-state index contributed by atoms with van der Waals surface area (Å²) in [6.07, 6.45) is 0. The van der Waals surface area contributed by atoms with Gasteiger partial charge in [0, 0.05) is 10.6 Å². The van der Waals surface area contributed by atoms with Gasteiger partial charge in [0.25, 0.3) is 0 Å². The summed E-state index contributed by atoms with van der Waals surface area (Å²) in [5.74, 6) is -0.121. The number of carboxylic acid groups (broad SMARTS) is 1. The van der Waals surface area contributed by atoms with Gasteiger partial charge in [-0.25, -0.2) is 9.78 Å². The van der Waals surface area contributed by atoms with Crippen LogP contribution in [-0.4, -0.2) is 16.1 Å². The standard InChI is InChI=1S/C15H18N2O2S/c1-9(2)12-6-11(15(18)19)7-14(17-12)16-8-13-10(3)4-5-20-13/h4-7,9H,8H2,1-3H3,(H,16,17)(H,18,19). The van der Waals surface area contributed by atoms with Gasteiger partial charge in [-0.1, -0.05) is 13.8 Å². The number of nitrogens with zero attached hydrogens (tertiary/aromatic N) is 1. The minimum Gasteiger partial charge on any atom is -0.478 e. The fourth-order valence-corrected chi connectivity index (χ4v) is 2.66. The molecular weight excluding hydrogens is 272 g/mol. The van der Waals surface area contributed by atoms with Crippen molar-refractivity contribution in [3.05, 3.63) is 45.3 Å². The van der Waals surface area contributed by atoms with Crippen molar-refractivity contribution in [1.29, 1.82) is 0 Å². The summed E-state index contributed by atoms with van der Waals surface area (Å²) in [6.45, 7) is 6.73. The van der Waals surface area contributed by atoms with Crippen molar-refractivity contribution in [3.8, 4) is 0 Å². The van der Waals surface area contributed by atoms with Crippen molar-refractivity contribution >= 4 is 23.1 Å². The maximum atomic E-state index is 11.2. The lowest BCUT2D eigenvalue weighted by Crippen LogP contribution is -2.07. The Morgan fingerprint density at radius 2 is 2.20 bits per heavy atom. The van der Waals surface area contributed by atoms with E-state index in [0.717, 1.165) is 5.69 Å². The van der Waals surface area contributed by atoms with Crippen LogP contribution in [0.4, 0.5) is 5.82 Å². The lowest BCUT2D eigenvalue weighted by atomic mass is 10.1. The quantitative estimate of drug-likeness (QED) is 0.877. The maximum Gasteiger partial charge on any atom is 0.335 e. The van der Waals surface area contributed by atoms with Crippen molar-refractivity contribution in [1.82, 2.24) is 4.98 Å². The zero-order valence-electron chi connectivity index (χ0n) is 11.8. The Morgan fingerprint density at radius 1 is 1.45 bits per heavy atom. The molecule has 2 N–H and O–H groups in total. The fourth-order valence-electron chi connectivity index (χ4n) is 1.82. The lowest BCUT2D eigenvalue weighted by Gasteiger charge is -2.11. The molecule has 0 atom stereocenters. The number of aromatic carboxylic acids is 1. The number of rotatable bonds is 5. The summed E-state index contributed by atoms with van der Waals surface area (Å²) in [5, 5.41) is 14.4. The number of carbonyl (C=O) groups is 1. The molecule has 0 aliphatic carbocycles. The first-order chi connectivity index (χ1) is 9.47. The number of hydrogen-bond acceptors (Lipinski definition) is 4. The molecule has 2 aromatic heterocycles. The SMILES string of the molecule is Cc1ccsc1CNc1cc(C(=O)O)cc(C(C)C)n1. The van der Waals surface area contributed by atoms with Crippen LogP contribution in [-0.2, 0) is 6.54 Å². The van der Waals surface area contributed by atoms with Gasteiger partial charge < -0.3 is 10.4 Å². The number of nitrogens with one attached hydrogen (secondary N) is 1. The van der Waals surface area contributed by atoms with Gasteiger partial charge in [-0.2, -0.15) is 0 Å². The van der Waals surface area contributed by atoms with E-state index < -0.39 is 5.97 Å². The van der Waals surface area contributed by atoms with Crippen LogP contribution >= 0.6 is 11.3 Å². The van der Waals surface area contributed by atoms with Crippen molar-refractivity contribution in [3.63, 3.8) is 0 Å². The summed E-state index contributed by atoms with van der Waals surface area (Å²) in [6, 6.07) is 5.29. The Morgan fingerprint density at radius 3 is 2.75 bits per heavy atom. The first kappa shape index (κ1) is 14.5. The molecule has 0 aliphatic heterocycles. The smallest absolute Gasteiger partial charge is 0.335 e. The highest BCUT2D eigenvalue weighted by Gasteiger charge is 2.11. The Bertz CT molecular complexity index is 620. The molecule has 5 heteroatoms. The van der Waals surface area contributed by atoms with Gasteiger partial charge in [0.2, 0.25) is 0 Å². The second kappa shape index (κ2) is 6.05. The van der Waals surface area contributed by atoms with E-state index in [9.17, 15) is 4.79 Å². The molecule has 2 aromatic rings. The molecule has 0 spiro atoms. The highest BCUT2D eigenvalue weighted by molar-refractivity contribution is 7.10. The van der Waals surface area contributed by atoms with Gasteiger partial charge in [-0.15, -0.1) is 11.3 Å². The topological polar surface area (TPSA) is 62.2 Å². The molecule has 106 valence electrons. The average molecular weight is 290 g/mol. The summed E-state index contributed by atoms with van der Waals surface area (Å²) in [7, 11) is 0. The van der Waals surface area contributed by atoms with E-state index in [1.165, 1.54) is 10.4 Å². The molecule has 0 aromatic carbocycles. The molecule has 0 unspecified atom stereocenters. The Balaban J connectivity index is 2.22. The molecular formula is C15H18N2O2S. The molecule has 20 heavy (non-hydrogen) atoms. The first-order valence-corrected chi connectivity index (χ1v) is 7.37. The molecule has 0 amide bonds. The van der Waals surface area contributed by atoms with Gasteiger partial charge in [-0.05, 0) is 42.0 Å². The number of thiophene rings is 1. The van der Waals surface area contributed by atoms with E-state index in [1.807, 2.05) is 19.2 Å². The third-order valence-corrected chi connectivity index (χ3v) is 4.10. The zero-order valence-corrected chi connectivity index (χ0v) is 12.6. The second-order valence-corrected chi connectivity index (χ2v) is 6.01. The van der Waals surface area contributed by atoms with Gasteiger partial charge in [-0.3, -0.25) is 0 Å². The summed E-state index contributed by atoms with van der Waals surface area (Å²) in [5.41, 5.74) is 2.30. The van der Waals surface area contributed by atoms with Crippen LogP contribution in [0, 0.1) is 6.92 Å². The zero-order chi connectivity index (χ0) is 14.7. The average Bonchev–Trinajstić information content (AvgIpc) is 2.81.